The van der Waals surface area contributed by atoms with E-state index in [1.54, 1.807) is 0 Å². The first-order valence-electron chi connectivity index (χ1n) is 7.65. The van der Waals surface area contributed by atoms with Gasteiger partial charge in [0.1, 0.15) is 0 Å². The summed E-state index contributed by atoms with van der Waals surface area (Å²) in [5.41, 5.74) is 2.35. The fourth-order valence-corrected chi connectivity index (χ4v) is 2.22. The summed E-state index contributed by atoms with van der Waals surface area (Å²) in [7, 11) is 2.11. The van der Waals surface area contributed by atoms with Crippen LogP contribution < -0.4 is 5.32 Å². The van der Waals surface area contributed by atoms with Crippen LogP contribution in [0.3, 0.4) is 0 Å². The zero-order valence-corrected chi connectivity index (χ0v) is 13.0. The van der Waals surface area contributed by atoms with Gasteiger partial charge in [-0.25, -0.2) is 0 Å². The number of rotatable bonds is 9. The summed E-state index contributed by atoms with van der Waals surface area (Å²) in [4.78, 5) is 2.26. The van der Waals surface area contributed by atoms with Gasteiger partial charge in [-0.3, -0.25) is 4.90 Å². The van der Waals surface area contributed by atoms with Crippen LogP contribution in [0.1, 0.15) is 30.4 Å². The molecule has 21 heavy (non-hydrogen) atoms. The fraction of sp³-hybridized carbons (Fsp3) is 0.471. The molecule has 114 valence electrons. The first-order valence-corrected chi connectivity index (χ1v) is 7.65. The molecule has 4 nitrogen and oxygen atoms in total. The van der Waals surface area contributed by atoms with Crippen LogP contribution in [-0.4, -0.2) is 30.2 Å². The number of hydrogen-bond donors (Lipinski definition) is 1. The Balaban J connectivity index is 1.73. The second-order valence-electron chi connectivity index (χ2n) is 5.43. The molecular weight excluding hydrogens is 262 g/mol. The van der Waals surface area contributed by atoms with Crippen LogP contribution in [0.25, 0.3) is 0 Å². The first kappa shape index (κ1) is 15.7. The maximum Gasteiger partial charge on any atom is 0.151 e. The van der Waals surface area contributed by atoms with Crippen LogP contribution in [0.2, 0.25) is 0 Å². The van der Waals surface area contributed by atoms with Crippen molar-refractivity contribution < 1.29 is 4.52 Å². The molecule has 0 spiro atoms. The summed E-state index contributed by atoms with van der Waals surface area (Å²) < 4.78 is 5.39. The minimum absolute atomic E-state index is 0.783. The molecular formula is C17H25N3O. The van der Waals surface area contributed by atoms with Crippen LogP contribution in [0, 0.1) is 0 Å². The van der Waals surface area contributed by atoms with Gasteiger partial charge in [0, 0.05) is 19.2 Å². The van der Waals surface area contributed by atoms with E-state index in [1.165, 1.54) is 5.56 Å². The van der Waals surface area contributed by atoms with Gasteiger partial charge in [0.05, 0.1) is 12.2 Å². The van der Waals surface area contributed by atoms with Crippen molar-refractivity contribution in [3.8, 4) is 0 Å². The molecule has 1 N–H and O–H groups in total. The Hall–Kier alpha value is -1.65. The smallest absolute Gasteiger partial charge is 0.151 e. The molecule has 0 bridgehead atoms. The van der Waals surface area contributed by atoms with Gasteiger partial charge in [-0.1, -0.05) is 42.4 Å². The van der Waals surface area contributed by atoms with Crippen LogP contribution in [-0.2, 0) is 19.5 Å². The highest BCUT2D eigenvalue weighted by Crippen LogP contribution is 2.07. The third kappa shape index (κ3) is 5.69. The highest BCUT2D eigenvalue weighted by Gasteiger charge is 2.07. The largest absolute Gasteiger partial charge is 0.360 e. The topological polar surface area (TPSA) is 41.3 Å². The Kier molecular flexibility index (Phi) is 6.44. The quantitative estimate of drug-likeness (QED) is 0.720. The van der Waals surface area contributed by atoms with Crippen molar-refractivity contribution in [2.45, 2.75) is 32.9 Å². The van der Waals surface area contributed by atoms with E-state index >= 15 is 0 Å². The Morgan fingerprint density at radius 2 is 2.05 bits per heavy atom. The number of nitrogens with zero attached hydrogens (tertiary/aromatic N) is 2. The predicted molar refractivity (Wildman–Crippen MR) is 85.0 cm³/mol. The Bertz CT molecular complexity index is 510. The number of benzene rings is 1. The normalized spacial score (nSPS) is 11.2. The molecule has 0 saturated heterocycles. The van der Waals surface area contributed by atoms with Gasteiger partial charge in [0.25, 0.3) is 0 Å². The molecule has 0 fully saturated rings. The summed E-state index contributed by atoms with van der Waals surface area (Å²) in [5.74, 6) is 0.930. The van der Waals surface area contributed by atoms with E-state index < -0.39 is 0 Å². The number of aromatic nitrogens is 1. The summed E-state index contributed by atoms with van der Waals surface area (Å²) in [6.07, 6.45) is 2.18. The Morgan fingerprint density at radius 3 is 2.81 bits per heavy atom. The zero-order chi connectivity index (χ0) is 14.9. The van der Waals surface area contributed by atoms with Crippen LogP contribution in [0.5, 0.6) is 0 Å². The van der Waals surface area contributed by atoms with Gasteiger partial charge < -0.3 is 9.84 Å². The fourth-order valence-electron chi connectivity index (χ4n) is 2.22. The average Bonchev–Trinajstić information content (AvgIpc) is 2.94. The van der Waals surface area contributed by atoms with Crippen molar-refractivity contribution in [1.29, 1.82) is 0 Å². The molecule has 0 saturated carbocycles. The van der Waals surface area contributed by atoms with Gasteiger partial charge in [-0.15, -0.1) is 0 Å². The lowest BCUT2D eigenvalue weighted by molar-refractivity contribution is 0.274. The standard InChI is InChI=1S/C17H25N3O/c1-3-10-18-13-16-12-17(21-19-16)14-20(2)11-9-15-7-5-4-6-8-15/h4-8,12,18H,3,9-11,13-14H2,1-2H3. The molecule has 0 atom stereocenters. The molecule has 0 amide bonds. The van der Waals surface area contributed by atoms with E-state index in [-0.39, 0.29) is 0 Å². The van der Waals surface area contributed by atoms with Crippen LogP contribution in [0.4, 0.5) is 0 Å². The minimum atomic E-state index is 0.783. The van der Waals surface area contributed by atoms with E-state index in [0.29, 0.717) is 0 Å². The van der Waals surface area contributed by atoms with Gasteiger partial charge in [-0.2, -0.15) is 0 Å². The molecule has 2 aromatic rings. The average molecular weight is 287 g/mol. The van der Waals surface area contributed by atoms with E-state index in [1.807, 2.05) is 6.07 Å². The highest BCUT2D eigenvalue weighted by atomic mass is 16.5. The molecule has 1 aromatic heterocycles. The maximum absolute atomic E-state index is 5.39. The lowest BCUT2D eigenvalue weighted by Crippen LogP contribution is -2.20. The maximum atomic E-state index is 5.39. The van der Waals surface area contributed by atoms with E-state index in [4.69, 9.17) is 4.52 Å². The minimum Gasteiger partial charge on any atom is -0.360 e. The first-order chi connectivity index (χ1) is 10.3. The SMILES string of the molecule is CCCNCc1cc(CN(C)CCc2ccccc2)on1. The lowest BCUT2D eigenvalue weighted by atomic mass is 10.1. The molecule has 0 aliphatic carbocycles. The van der Waals surface area contributed by atoms with Crippen molar-refractivity contribution in [2.24, 2.45) is 0 Å². The van der Waals surface area contributed by atoms with Crippen molar-refractivity contribution in [3.05, 3.63) is 53.4 Å². The molecule has 0 aliphatic rings. The summed E-state index contributed by atoms with van der Waals surface area (Å²) in [6.45, 7) is 5.76. The third-order valence-electron chi connectivity index (χ3n) is 3.39. The van der Waals surface area contributed by atoms with E-state index in [9.17, 15) is 0 Å². The second kappa shape index (κ2) is 8.60. The molecule has 1 heterocycles. The Morgan fingerprint density at radius 1 is 1.24 bits per heavy atom. The van der Waals surface area contributed by atoms with Crippen molar-refractivity contribution in [2.75, 3.05) is 20.1 Å². The summed E-state index contributed by atoms with van der Waals surface area (Å²) in [6, 6.07) is 12.6. The van der Waals surface area contributed by atoms with E-state index in [2.05, 4.69) is 59.7 Å². The zero-order valence-electron chi connectivity index (χ0n) is 13.0. The molecule has 4 heteroatoms. The summed E-state index contributed by atoms with van der Waals surface area (Å²) in [5, 5.41) is 7.42. The molecule has 0 radical (unpaired) electrons. The number of nitrogens with one attached hydrogen (secondary N) is 1. The van der Waals surface area contributed by atoms with Gasteiger partial charge in [-0.05, 0) is 32.0 Å². The predicted octanol–water partition coefficient (Wildman–Crippen LogP) is 2.85. The van der Waals surface area contributed by atoms with Crippen molar-refractivity contribution in [1.82, 2.24) is 15.4 Å². The molecule has 0 aliphatic heterocycles. The van der Waals surface area contributed by atoms with E-state index in [0.717, 1.165) is 50.5 Å². The van der Waals surface area contributed by atoms with Crippen LogP contribution in [0.15, 0.2) is 40.9 Å². The number of likely N-dealkylation sites (N-methyl/N-ethyl adjacent to an activating group) is 1. The number of hydrogen-bond acceptors (Lipinski definition) is 4. The summed E-state index contributed by atoms with van der Waals surface area (Å²) >= 11 is 0. The third-order valence-corrected chi connectivity index (χ3v) is 3.39. The molecule has 0 unspecified atom stereocenters. The lowest BCUT2D eigenvalue weighted by Gasteiger charge is -2.14. The second-order valence-corrected chi connectivity index (χ2v) is 5.43. The Labute approximate surface area is 127 Å². The highest BCUT2D eigenvalue weighted by molar-refractivity contribution is 5.15. The molecule has 1 aromatic carbocycles. The monoisotopic (exact) mass is 287 g/mol. The van der Waals surface area contributed by atoms with Gasteiger partial charge >= 0.3 is 0 Å². The van der Waals surface area contributed by atoms with Gasteiger partial charge in [0.2, 0.25) is 0 Å². The van der Waals surface area contributed by atoms with Crippen molar-refractivity contribution >= 4 is 0 Å². The molecule has 2 rings (SSSR count). The van der Waals surface area contributed by atoms with Crippen LogP contribution >= 0.6 is 0 Å². The van der Waals surface area contributed by atoms with Gasteiger partial charge in [0.15, 0.2) is 5.76 Å². The van der Waals surface area contributed by atoms with Crippen molar-refractivity contribution in [3.63, 3.8) is 0 Å².